The van der Waals surface area contributed by atoms with Gasteiger partial charge in [-0.25, -0.2) is 4.68 Å². The van der Waals surface area contributed by atoms with Gasteiger partial charge >= 0.3 is 0 Å². The summed E-state index contributed by atoms with van der Waals surface area (Å²) in [5, 5.41) is 13.9. The van der Waals surface area contributed by atoms with Crippen molar-refractivity contribution in [2.24, 2.45) is 0 Å². The Labute approximate surface area is 127 Å². The molecule has 0 fully saturated rings. The first-order chi connectivity index (χ1) is 10.7. The van der Waals surface area contributed by atoms with Gasteiger partial charge in [-0.05, 0) is 41.1 Å². The predicted octanol–water partition coefficient (Wildman–Crippen LogP) is 2.15. The van der Waals surface area contributed by atoms with Crippen LogP contribution in [0.15, 0.2) is 54.9 Å². The number of nitrogens with zero attached hydrogens (tertiary/aromatic N) is 4. The number of hydrogen-bond donors (Lipinski definition) is 1. The van der Waals surface area contributed by atoms with Gasteiger partial charge in [-0.15, -0.1) is 5.10 Å². The van der Waals surface area contributed by atoms with E-state index in [1.54, 1.807) is 0 Å². The molecule has 0 unspecified atom stereocenters. The standard InChI is InChI=1S/C16H15N5O/c1-12-5-7-13(8-6-12)9-16(22)18-14-3-2-4-15(10-14)21-11-17-19-20-21/h2-8,10-11H,9H2,1H3,(H,18,22). The molecule has 0 aliphatic heterocycles. The quantitative estimate of drug-likeness (QED) is 0.800. The van der Waals surface area contributed by atoms with Gasteiger partial charge in [0.15, 0.2) is 0 Å². The number of amides is 1. The second-order valence-corrected chi connectivity index (χ2v) is 5.02. The van der Waals surface area contributed by atoms with E-state index < -0.39 is 0 Å². The van der Waals surface area contributed by atoms with Crippen LogP contribution in [0, 0.1) is 6.92 Å². The predicted molar refractivity (Wildman–Crippen MR) is 82.7 cm³/mol. The molecule has 0 aliphatic rings. The van der Waals surface area contributed by atoms with Crippen molar-refractivity contribution in [3.8, 4) is 5.69 Å². The number of hydrogen-bond acceptors (Lipinski definition) is 4. The van der Waals surface area contributed by atoms with Crippen molar-refractivity contribution < 1.29 is 4.79 Å². The molecular weight excluding hydrogens is 278 g/mol. The number of carbonyl (C=O) groups excluding carboxylic acids is 1. The summed E-state index contributed by atoms with van der Waals surface area (Å²) in [6.45, 7) is 2.02. The Kier molecular flexibility index (Phi) is 3.91. The van der Waals surface area contributed by atoms with Gasteiger partial charge in [0, 0.05) is 5.69 Å². The lowest BCUT2D eigenvalue weighted by molar-refractivity contribution is -0.115. The zero-order valence-corrected chi connectivity index (χ0v) is 12.1. The van der Waals surface area contributed by atoms with E-state index in [0.717, 1.165) is 11.3 Å². The lowest BCUT2D eigenvalue weighted by Crippen LogP contribution is -2.14. The third-order valence-electron chi connectivity index (χ3n) is 3.23. The minimum Gasteiger partial charge on any atom is -0.326 e. The molecule has 0 saturated heterocycles. The second-order valence-electron chi connectivity index (χ2n) is 5.02. The molecule has 1 amide bonds. The zero-order valence-electron chi connectivity index (χ0n) is 12.1. The SMILES string of the molecule is Cc1ccc(CC(=O)Nc2cccc(-n3cnnn3)c2)cc1. The minimum absolute atomic E-state index is 0.0577. The third kappa shape index (κ3) is 3.35. The van der Waals surface area contributed by atoms with Crippen LogP contribution in [0.1, 0.15) is 11.1 Å². The van der Waals surface area contributed by atoms with Crippen LogP contribution in [0.2, 0.25) is 0 Å². The molecule has 3 rings (SSSR count). The Morgan fingerprint density at radius 2 is 2.00 bits per heavy atom. The summed E-state index contributed by atoms with van der Waals surface area (Å²) in [6.07, 6.45) is 1.85. The number of nitrogens with one attached hydrogen (secondary N) is 1. The summed E-state index contributed by atoms with van der Waals surface area (Å²) in [7, 11) is 0. The third-order valence-corrected chi connectivity index (χ3v) is 3.23. The summed E-state index contributed by atoms with van der Waals surface area (Å²) in [5.74, 6) is -0.0577. The minimum atomic E-state index is -0.0577. The number of aromatic nitrogens is 4. The molecule has 22 heavy (non-hydrogen) atoms. The zero-order chi connectivity index (χ0) is 15.4. The number of tetrazole rings is 1. The lowest BCUT2D eigenvalue weighted by atomic mass is 10.1. The van der Waals surface area contributed by atoms with E-state index in [2.05, 4.69) is 20.8 Å². The molecule has 0 spiro atoms. The van der Waals surface area contributed by atoms with Gasteiger partial charge in [0.05, 0.1) is 12.1 Å². The van der Waals surface area contributed by atoms with Crippen molar-refractivity contribution in [3.05, 3.63) is 66.0 Å². The first-order valence-corrected chi connectivity index (χ1v) is 6.89. The highest BCUT2D eigenvalue weighted by atomic mass is 16.1. The van der Waals surface area contributed by atoms with Gasteiger partial charge in [0.25, 0.3) is 0 Å². The highest BCUT2D eigenvalue weighted by Gasteiger charge is 2.05. The molecule has 0 aliphatic carbocycles. The summed E-state index contributed by atoms with van der Waals surface area (Å²) < 4.78 is 1.54. The van der Waals surface area contributed by atoms with E-state index in [1.165, 1.54) is 16.6 Å². The first kappa shape index (κ1) is 13.9. The smallest absolute Gasteiger partial charge is 0.228 e. The number of anilines is 1. The highest BCUT2D eigenvalue weighted by Crippen LogP contribution is 2.14. The summed E-state index contributed by atoms with van der Waals surface area (Å²) in [5.41, 5.74) is 3.67. The molecule has 0 saturated carbocycles. The Bertz CT molecular complexity index is 765. The van der Waals surface area contributed by atoms with Gasteiger partial charge in [-0.1, -0.05) is 35.9 Å². The molecule has 2 aromatic carbocycles. The normalized spacial score (nSPS) is 10.4. The first-order valence-electron chi connectivity index (χ1n) is 6.89. The topological polar surface area (TPSA) is 72.7 Å². The van der Waals surface area contributed by atoms with Gasteiger partial charge in [0.2, 0.25) is 5.91 Å². The molecule has 1 aromatic heterocycles. The fraction of sp³-hybridized carbons (Fsp3) is 0.125. The maximum absolute atomic E-state index is 12.1. The Hall–Kier alpha value is -3.02. The van der Waals surface area contributed by atoms with Gasteiger partial charge in [0.1, 0.15) is 6.33 Å². The molecule has 6 nitrogen and oxygen atoms in total. The summed E-state index contributed by atoms with van der Waals surface area (Å²) in [4.78, 5) is 12.1. The summed E-state index contributed by atoms with van der Waals surface area (Å²) >= 11 is 0. The van der Waals surface area contributed by atoms with Crippen LogP contribution in [-0.2, 0) is 11.2 Å². The van der Waals surface area contributed by atoms with Crippen LogP contribution in [0.4, 0.5) is 5.69 Å². The van der Waals surface area contributed by atoms with E-state index >= 15 is 0 Å². The van der Waals surface area contributed by atoms with Gasteiger partial charge < -0.3 is 5.32 Å². The second kappa shape index (κ2) is 6.17. The van der Waals surface area contributed by atoms with Crippen LogP contribution >= 0.6 is 0 Å². The van der Waals surface area contributed by atoms with Crippen LogP contribution in [0.25, 0.3) is 5.69 Å². The average Bonchev–Trinajstić information content (AvgIpc) is 3.04. The van der Waals surface area contributed by atoms with Crippen molar-refractivity contribution >= 4 is 11.6 Å². The Balaban J connectivity index is 1.69. The van der Waals surface area contributed by atoms with Gasteiger partial charge in [-0.3, -0.25) is 4.79 Å². The van der Waals surface area contributed by atoms with Crippen molar-refractivity contribution in [1.82, 2.24) is 20.2 Å². The van der Waals surface area contributed by atoms with Gasteiger partial charge in [-0.2, -0.15) is 0 Å². The Morgan fingerprint density at radius 1 is 1.18 bits per heavy atom. The Morgan fingerprint density at radius 3 is 2.73 bits per heavy atom. The highest BCUT2D eigenvalue weighted by molar-refractivity contribution is 5.92. The van der Waals surface area contributed by atoms with E-state index in [0.29, 0.717) is 12.1 Å². The molecular formula is C16H15N5O. The molecule has 0 bridgehead atoms. The van der Waals surface area contributed by atoms with Crippen molar-refractivity contribution in [1.29, 1.82) is 0 Å². The maximum atomic E-state index is 12.1. The number of rotatable bonds is 4. The van der Waals surface area contributed by atoms with E-state index in [4.69, 9.17) is 0 Å². The number of benzene rings is 2. The largest absolute Gasteiger partial charge is 0.326 e. The average molecular weight is 293 g/mol. The van der Waals surface area contributed by atoms with E-state index in [9.17, 15) is 4.79 Å². The van der Waals surface area contributed by atoms with Crippen molar-refractivity contribution in [2.45, 2.75) is 13.3 Å². The van der Waals surface area contributed by atoms with E-state index in [-0.39, 0.29) is 5.91 Å². The number of carbonyl (C=O) groups is 1. The molecule has 1 N–H and O–H groups in total. The summed E-state index contributed by atoms with van der Waals surface area (Å²) in [6, 6.07) is 15.3. The van der Waals surface area contributed by atoms with E-state index in [1.807, 2.05) is 55.5 Å². The molecule has 110 valence electrons. The van der Waals surface area contributed by atoms with Crippen LogP contribution in [-0.4, -0.2) is 26.1 Å². The fourth-order valence-electron chi connectivity index (χ4n) is 2.10. The molecule has 0 atom stereocenters. The van der Waals surface area contributed by atoms with Crippen molar-refractivity contribution in [3.63, 3.8) is 0 Å². The molecule has 1 heterocycles. The maximum Gasteiger partial charge on any atom is 0.228 e. The molecule has 3 aromatic rings. The molecule has 6 heteroatoms. The van der Waals surface area contributed by atoms with Crippen LogP contribution in [0.5, 0.6) is 0 Å². The molecule has 0 radical (unpaired) electrons. The number of aryl methyl sites for hydroxylation is 1. The monoisotopic (exact) mass is 293 g/mol. The van der Waals surface area contributed by atoms with Crippen molar-refractivity contribution in [2.75, 3.05) is 5.32 Å². The fourth-order valence-corrected chi connectivity index (χ4v) is 2.10. The lowest BCUT2D eigenvalue weighted by Gasteiger charge is -2.07. The van der Waals surface area contributed by atoms with Crippen LogP contribution < -0.4 is 5.32 Å². The van der Waals surface area contributed by atoms with Crippen LogP contribution in [0.3, 0.4) is 0 Å².